The summed E-state index contributed by atoms with van der Waals surface area (Å²) in [5.41, 5.74) is 1.64. The predicted octanol–water partition coefficient (Wildman–Crippen LogP) is 2.45. The molecule has 0 saturated heterocycles. The molecule has 3 rings (SSSR count). The van der Waals surface area contributed by atoms with Gasteiger partial charge in [0, 0.05) is 11.1 Å². The number of fused-ring (bicyclic) bond motifs is 1. The Balaban J connectivity index is 0.000000258. The number of pyridine rings is 1. The molecule has 0 saturated carbocycles. The maximum absolute atomic E-state index is 10.9. The Morgan fingerprint density at radius 2 is 1.64 bits per heavy atom. The molecule has 0 atom stereocenters. The van der Waals surface area contributed by atoms with Crippen molar-refractivity contribution in [3.63, 3.8) is 0 Å². The average molecular weight is 354 g/mol. The van der Waals surface area contributed by atoms with Crippen molar-refractivity contribution in [1.82, 2.24) is 4.98 Å². The summed E-state index contributed by atoms with van der Waals surface area (Å²) in [6, 6.07) is 17.6. The van der Waals surface area contributed by atoms with E-state index in [0.29, 0.717) is 11.3 Å². The number of aromatic hydroxyl groups is 1. The van der Waals surface area contributed by atoms with Crippen molar-refractivity contribution in [3.8, 4) is 5.75 Å². The molecule has 0 radical (unpaired) electrons. The number of aryl methyl sites for hydroxylation is 1. The molecular weight excluding hydrogens is 336 g/mol. The Morgan fingerprint density at radius 1 is 0.955 bits per heavy atom. The van der Waals surface area contributed by atoms with E-state index in [2.05, 4.69) is 4.98 Å². The second kappa shape index (κ2) is 8.26. The van der Waals surface area contributed by atoms with Crippen LogP contribution in [0.3, 0.4) is 0 Å². The third-order valence-corrected chi connectivity index (χ3v) is 2.85. The van der Waals surface area contributed by atoms with Crippen molar-refractivity contribution in [2.75, 3.05) is 0 Å². The fraction of sp³-hybridized carbons (Fsp3) is 0.0588. The Hall–Kier alpha value is -2.24. The Morgan fingerprint density at radius 3 is 2.18 bits per heavy atom. The first-order valence-electron chi connectivity index (χ1n) is 6.41. The first kappa shape index (κ1) is 17.8. The van der Waals surface area contributed by atoms with Crippen molar-refractivity contribution in [3.05, 3.63) is 71.9 Å². The summed E-state index contributed by atoms with van der Waals surface area (Å²) in [6.45, 7) is 1.85. The fourth-order valence-electron chi connectivity index (χ4n) is 1.85. The van der Waals surface area contributed by atoms with E-state index in [1.54, 1.807) is 36.4 Å². The fourth-order valence-corrected chi connectivity index (χ4v) is 1.85. The van der Waals surface area contributed by atoms with Crippen LogP contribution >= 0.6 is 0 Å². The third kappa shape index (κ3) is 4.65. The van der Waals surface area contributed by atoms with Crippen LogP contribution in [0, 0.1) is 6.92 Å². The Kier molecular flexibility index (Phi) is 6.69. The molecule has 2 N–H and O–H groups in total. The van der Waals surface area contributed by atoms with Gasteiger partial charge < -0.3 is 10.2 Å². The van der Waals surface area contributed by atoms with Crippen LogP contribution in [0.25, 0.3) is 10.9 Å². The molecule has 0 spiro atoms. The SMILES string of the molecule is Cc1ccc2cccc(C(=O)O)c2n1.Oc1ccccc1.[GaH3]. The van der Waals surface area contributed by atoms with Crippen molar-refractivity contribution in [2.24, 2.45) is 0 Å². The second-order valence-corrected chi connectivity index (χ2v) is 4.47. The van der Waals surface area contributed by atoms with Crippen molar-refractivity contribution in [2.45, 2.75) is 6.92 Å². The summed E-state index contributed by atoms with van der Waals surface area (Å²) in [5.74, 6) is -0.615. The number of benzene rings is 2. The number of phenols is 1. The van der Waals surface area contributed by atoms with Gasteiger partial charge in [-0.3, -0.25) is 4.98 Å². The summed E-state index contributed by atoms with van der Waals surface area (Å²) in [6.07, 6.45) is 0. The number of carboxylic acid groups (broad SMARTS) is 1. The summed E-state index contributed by atoms with van der Waals surface area (Å²) in [7, 11) is 0. The molecule has 22 heavy (non-hydrogen) atoms. The van der Waals surface area contributed by atoms with Gasteiger partial charge in [0.1, 0.15) is 5.75 Å². The van der Waals surface area contributed by atoms with Crippen LogP contribution in [-0.4, -0.2) is 41.0 Å². The molecular formula is C17H18GaNO3. The molecule has 5 heteroatoms. The molecule has 0 amide bonds. The van der Waals surface area contributed by atoms with Gasteiger partial charge in [0.15, 0.2) is 0 Å². The first-order chi connectivity index (χ1) is 10.1. The van der Waals surface area contributed by atoms with E-state index in [4.69, 9.17) is 10.2 Å². The molecule has 2 aromatic carbocycles. The van der Waals surface area contributed by atoms with E-state index in [9.17, 15) is 4.79 Å². The average Bonchev–Trinajstić information content (AvgIpc) is 2.48. The number of phenolic OH excluding ortho intramolecular Hbond substituents is 1. The summed E-state index contributed by atoms with van der Waals surface area (Å²) < 4.78 is 0. The molecule has 4 nitrogen and oxygen atoms in total. The van der Waals surface area contributed by atoms with Gasteiger partial charge in [0.25, 0.3) is 0 Å². The zero-order valence-electron chi connectivity index (χ0n) is 11.5. The molecule has 0 aliphatic rings. The van der Waals surface area contributed by atoms with Gasteiger partial charge in [-0.2, -0.15) is 0 Å². The Labute approximate surface area is 141 Å². The van der Waals surface area contributed by atoms with Gasteiger partial charge >= 0.3 is 25.8 Å². The number of para-hydroxylation sites is 2. The summed E-state index contributed by atoms with van der Waals surface area (Å²) in [4.78, 5) is 15.1. The quantitative estimate of drug-likeness (QED) is 0.659. The number of carboxylic acids is 1. The van der Waals surface area contributed by atoms with Crippen molar-refractivity contribution >= 4 is 36.7 Å². The standard InChI is InChI=1S/C11H9NO2.C6H6O.Ga.3H/c1-7-5-6-8-3-2-4-9(11(13)14)10(8)12-7;7-6-4-2-1-3-5-6;;;;/h2-6H,1H3,(H,13,14);1-5,7H;;;;. The van der Waals surface area contributed by atoms with Crippen LogP contribution in [0.4, 0.5) is 0 Å². The van der Waals surface area contributed by atoms with Crippen LogP contribution in [-0.2, 0) is 0 Å². The number of nitrogens with zero attached hydrogens (tertiary/aromatic N) is 1. The molecule has 1 heterocycles. The zero-order valence-corrected chi connectivity index (χ0v) is 11.5. The molecule has 0 unspecified atom stereocenters. The monoisotopic (exact) mass is 353 g/mol. The van der Waals surface area contributed by atoms with Gasteiger partial charge in [-0.05, 0) is 31.2 Å². The zero-order chi connectivity index (χ0) is 15.2. The number of aromatic nitrogens is 1. The molecule has 0 fully saturated rings. The van der Waals surface area contributed by atoms with Crippen LogP contribution in [0.2, 0.25) is 0 Å². The molecule has 1 aromatic heterocycles. The van der Waals surface area contributed by atoms with Gasteiger partial charge in [0.05, 0.1) is 11.1 Å². The Bertz CT molecular complexity index is 760. The van der Waals surface area contributed by atoms with Crippen molar-refractivity contribution < 1.29 is 15.0 Å². The topological polar surface area (TPSA) is 70.4 Å². The normalized spacial score (nSPS) is 9.32. The first-order valence-corrected chi connectivity index (χ1v) is 6.41. The molecule has 0 aliphatic heterocycles. The van der Waals surface area contributed by atoms with E-state index < -0.39 is 5.97 Å². The van der Waals surface area contributed by atoms with E-state index >= 15 is 0 Å². The number of aromatic carboxylic acids is 1. The van der Waals surface area contributed by atoms with Gasteiger partial charge in [-0.25, -0.2) is 4.79 Å². The minimum atomic E-state index is -0.936. The van der Waals surface area contributed by atoms with Crippen LogP contribution in [0.5, 0.6) is 5.75 Å². The van der Waals surface area contributed by atoms with Gasteiger partial charge in [0.2, 0.25) is 0 Å². The molecule has 3 aromatic rings. The van der Waals surface area contributed by atoms with Crippen LogP contribution in [0.15, 0.2) is 60.7 Å². The third-order valence-electron chi connectivity index (χ3n) is 2.85. The van der Waals surface area contributed by atoms with E-state index in [-0.39, 0.29) is 25.4 Å². The number of rotatable bonds is 1. The molecule has 0 aliphatic carbocycles. The van der Waals surface area contributed by atoms with E-state index in [0.717, 1.165) is 11.1 Å². The van der Waals surface area contributed by atoms with Gasteiger partial charge in [-0.15, -0.1) is 0 Å². The number of carbonyl (C=O) groups is 1. The van der Waals surface area contributed by atoms with E-state index in [1.807, 2.05) is 31.2 Å². The molecule has 112 valence electrons. The minimum absolute atomic E-state index is 0. The van der Waals surface area contributed by atoms with Crippen LogP contribution < -0.4 is 0 Å². The van der Waals surface area contributed by atoms with Crippen molar-refractivity contribution in [1.29, 1.82) is 0 Å². The summed E-state index contributed by atoms with van der Waals surface area (Å²) in [5, 5.41) is 18.4. The number of hydrogen-bond donors (Lipinski definition) is 2. The predicted molar refractivity (Wildman–Crippen MR) is 91.5 cm³/mol. The summed E-state index contributed by atoms with van der Waals surface area (Å²) >= 11 is 0. The number of hydrogen-bond acceptors (Lipinski definition) is 3. The van der Waals surface area contributed by atoms with Gasteiger partial charge in [-0.1, -0.05) is 36.4 Å². The van der Waals surface area contributed by atoms with E-state index in [1.165, 1.54) is 0 Å². The van der Waals surface area contributed by atoms with Crippen LogP contribution in [0.1, 0.15) is 16.1 Å². The molecule has 0 bridgehead atoms. The second-order valence-electron chi connectivity index (χ2n) is 4.47. The maximum atomic E-state index is 10.9.